The lowest BCUT2D eigenvalue weighted by Gasteiger charge is -2.37. The number of hydrogen-bond acceptors (Lipinski definition) is 4. The molecule has 0 spiro atoms. The molecule has 0 radical (unpaired) electrons. The smallest absolute Gasteiger partial charge is 0.422 e. The Morgan fingerprint density at radius 1 is 0.974 bits per heavy atom. The Kier molecular flexibility index (Phi) is 6.79. The van der Waals surface area contributed by atoms with Crippen LogP contribution in [0.4, 0.5) is 17.6 Å². The number of nitrogens with zero attached hydrogens (tertiary/aromatic N) is 2. The number of imidazole rings is 1. The molecule has 0 saturated heterocycles. The highest BCUT2D eigenvalue weighted by molar-refractivity contribution is 6.31. The van der Waals surface area contributed by atoms with Crippen molar-refractivity contribution >= 4 is 28.6 Å². The van der Waals surface area contributed by atoms with Crippen molar-refractivity contribution < 1.29 is 37.3 Å². The number of aromatic nitrogens is 2. The van der Waals surface area contributed by atoms with Crippen LogP contribution in [0, 0.1) is 5.82 Å². The second-order valence-electron chi connectivity index (χ2n) is 8.82. The molecule has 7 nitrogen and oxygen atoms in total. The number of carboxylic acids is 1. The lowest BCUT2D eigenvalue weighted by atomic mass is 9.77. The minimum Gasteiger partial charge on any atom is -0.478 e. The van der Waals surface area contributed by atoms with Gasteiger partial charge >= 0.3 is 17.8 Å². The third-order valence-electron chi connectivity index (χ3n) is 6.62. The minimum absolute atomic E-state index is 0.0460. The average Bonchev–Trinajstić information content (AvgIpc) is 3.05. The summed E-state index contributed by atoms with van der Waals surface area (Å²) >= 11 is 6.32. The van der Waals surface area contributed by atoms with Gasteiger partial charge in [0, 0.05) is 31.1 Å². The maximum absolute atomic E-state index is 14.5. The van der Waals surface area contributed by atoms with Gasteiger partial charge in [0.1, 0.15) is 17.3 Å². The van der Waals surface area contributed by atoms with Crippen LogP contribution >= 0.6 is 11.6 Å². The first-order valence-corrected chi connectivity index (χ1v) is 11.5. The van der Waals surface area contributed by atoms with Crippen LogP contribution in [0.5, 0.6) is 11.5 Å². The number of aromatic carboxylic acids is 1. The Balaban J connectivity index is 1.72. The summed E-state index contributed by atoms with van der Waals surface area (Å²) in [6, 6.07) is 10.4. The minimum atomic E-state index is -5.13. The van der Waals surface area contributed by atoms with E-state index in [0.29, 0.717) is 5.52 Å². The number of aryl methyl sites for hydroxylation is 2. The van der Waals surface area contributed by atoms with Crippen LogP contribution in [-0.2, 0) is 19.7 Å². The van der Waals surface area contributed by atoms with Crippen LogP contribution < -0.4 is 10.4 Å². The van der Waals surface area contributed by atoms with Gasteiger partial charge in [0.25, 0.3) is 0 Å². The topological polar surface area (TPSA) is 93.7 Å². The van der Waals surface area contributed by atoms with E-state index in [0.717, 1.165) is 24.3 Å². The SMILES string of the molecule is C[C@H](c1ccc(Oc2ccc(C(=O)O)c(F)c2)cc1Cl)[C@@](O)(c1ccc2c(c1)n(C)c(=O)n2C)C(F)(F)F. The molecule has 200 valence electrons. The lowest BCUT2D eigenvalue weighted by molar-refractivity contribution is -0.274. The number of carbonyl (C=O) groups is 1. The van der Waals surface area contributed by atoms with E-state index in [-0.39, 0.29) is 27.6 Å². The summed E-state index contributed by atoms with van der Waals surface area (Å²) in [5, 5.41) is 20.0. The van der Waals surface area contributed by atoms with E-state index in [1.54, 1.807) is 0 Å². The Labute approximate surface area is 218 Å². The first-order chi connectivity index (χ1) is 17.7. The number of halogens is 5. The Morgan fingerprint density at radius 2 is 1.58 bits per heavy atom. The highest BCUT2D eigenvalue weighted by Gasteiger charge is 2.59. The third kappa shape index (κ3) is 4.41. The van der Waals surface area contributed by atoms with Crippen LogP contribution in [0.3, 0.4) is 0 Å². The van der Waals surface area contributed by atoms with E-state index in [2.05, 4.69) is 0 Å². The molecular weight excluding hydrogens is 532 g/mol. The molecule has 3 aromatic carbocycles. The largest absolute Gasteiger partial charge is 0.478 e. The zero-order chi connectivity index (χ0) is 28.2. The summed E-state index contributed by atoms with van der Waals surface area (Å²) in [6.45, 7) is 1.17. The highest BCUT2D eigenvalue weighted by atomic mass is 35.5. The number of hydrogen-bond donors (Lipinski definition) is 2. The van der Waals surface area contributed by atoms with Crippen LogP contribution in [-0.4, -0.2) is 31.5 Å². The number of carboxylic acid groups (broad SMARTS) is 1. The third-order valence-corrected chi connectivity index (χ3v) is 6.94. The molecule has 1 aromatic heterocycles. The Bertz CT molecular complexity index is 1630. The van der Waals surface area contributed by atoms with Gasteiger partial charge in [-0.25, -0.2) is 14.0 Å². The fourth-order valence-corrected chi connectivity index (χ4v) is 4.75. The molecule has 0 aliphatic heterocycles. The number of aliphatic hydroxyl groups is 1. The molecular formula is C26H21ClF4N2O5. The van der Waals surface area contributed by atoms with Gasteiger partial charge in [-0.05, 0) is 47.5 Å². The maximum atomic E-state index is 14.5. The molecule has 0 unspecified atom stereocenters. The van der Waals surface area contributed by atoms with E-state index in [9.17, 15) is 32.3 Å². The van der Waals surface area contributed by atoms with E-state index in [1.165, 1.54) is 60.5 Å². The van der Waals surface area contributed by atoms with Crippen molar-refractivity contribution in [3.8, 4) is 11.5 Å². The fraction of sp³-hybridized carbons (Fsp3) is 0.231. The van der Waals surface area contributed by atoms with Crippen LogP contribution in [0.1, 0.15) is 34.3 Å². The summed E-state index contributed by atoms with van der Waals surface area (Å²) in [4.78, 5) is 23.2. The van der Waals surface area contributed by atoms with Gasteiger partial charge < -0.3 is 14.9 Å². The van der Waals surface area contributed by atoms with Crippen LogP contribution in [0.2, 0.25) is 5.02 Å². The number of rotatable bonds is 6. The van der Waals surface area contributed by atoms with Crippen molar-refractivity contribution in [1.29, 1.82) is 0 Å². The molecule has 0 saturated carbocycles. The van der Waals surface area contributed by atoms with Crippen molar-refractivity contribution in [2.45, 2.75) is 24.6 Å². The standard InChI is InChI=1S/C26H21ClF4N2O5/c1-13(17-7-5-15(11-19(17)27)38-16-6-8-18(23(34)35)20(28)12-16)25(37,26(29,30)31)14-4-9-21-22(10-14)33(3)24(36)32(21)2/h4-13,37H,1-3H3,(H,34,35)/t13-,25-/m1/s1. The van der Waals surface area contributed by atoms with Gasteiger partial charge in [0.15, 0.2) is 5.60 Å². The number of alkyl halides is 3. The highest BCUT2D eigenvalue weighted by Crippen LogP contribution is 2.50. The molecule has 0 bridgehead atoms. The Hall–Kier alpha value is -3.83. The van der Waals surface area contributed by atoms with Crippen LogP contribution in [0.15, 0.2) is 59.4 Å². The van der Waals surface area contributed by atoms with Gasteiger partial charge in [0.2, 0.25) is 0 Å². The van der Waals surface area contributed by atoms with Gasteiger partial charge in [-0.1, -0.05) is 30.7 Å². The zero-order valence-corrected chi connectivity index (χ0v) is 20.9. The second kappa shape index (κ2) is 9.48. The summed E-state index contributed by atoms with van der Waals surface area (Å²) < 4.78 is 65.3. The molecule has 1 heterocycles. The van der Waals surface area contributed by atoms with E-state index in [4.69, 9.17) is 21.4 Å². The molecule has 12 heteroatoms. The van der Waals surface area contributed by atoms with Gasteiger partial charge in [0.05, 0.1) is 16.6 Å². The predicted molar refractivity (Wildman–Crippen MR) is 131 cm³/mol. The van der Waals surface area contributed by atoms with Gasteiger partial charge in [-0.2, -0.15) is 13.2 Å². The molecule has 4 aromatic rings. The molecule has 38 heavy (non-hydrogen) atoms. The normalized spacial score (nSPS) is 14.3. The molecule has 0 aliphatic carbocycles. The quantitative estimate of drug-likeness (QED) is 0.299. The molecule has 2 atom stereocenters. The summed E-state index contributed by atoms with van der Waals surface area (Å²) in [7, 11) is 2.91. The van der Waals surface area contributed by atoms with Crippen molar-refractivity contribution in [1.82, 2.24) is 9.13 Å². The predicted octanol–water partition coefficient (Wildman–Crippen LogP) is 5.71. The number of ether oxygens (including phenoxy) is 1. The molecule has 4 rings (SSSR count). The fourth-order valence-electron chi connectivity index (χ4n) is 4.42. The average molecular weight is 553 g/mol. The van der Waals surface area contributed by atoms with Crippen molar-refractivity contribution in [2.24, 2.45) is 14.1 Å². The van der Waals surface area contributed by atoms with Crippen molar-refractivity contribution in [2.75, 3.05) is 0 Å². The van der Waals surface area contributed by atoms with Crippen LogP contribution in [0.25, 0.3) is 11.0 Å². The number of fused-ring (bicyclic) bond motifs is 1. The summed E-state index contributed by atoms with van der Waals surface area (Å²) in [5.74, 6) is -4.10. The van der Waals surface area contributed by atoms with Crippen molar-refractivity contribution in [3.63, 3.8) is 0 Å². The second-order valence-corrected chi connectivity index (χ2v) is 9.23. The van der Waals surface area contributed by atoms with Crippen molar-refractivity contribution in [3.05, 3.63) is 92.6 Å². The molecule has 0 amide bonds. The van der Waals surface area contributed by atoms with Gasteiger partial charge in [-0.3, -0.25) is 9.13 Å². The van der Waals surface area contributed by atoms with E-state index < -0.39 is 46.3 Å². The summed E-state index contributed by atoms with van der Waals surface area (Å²) in [5.41, 5.74) is -4.29. The van der Waals surface area contributed by atoms with E-state index >= 15 is 0 Å². The summed E-state index contributed by atoms with van der Waals surface area (Å²) in [6.07, 6.45) is -5.13. The first kappa shape index (κ1) is 27.2. The molecule has 0 fully saturated rings. The zero-order valence-electron chi connectivity index (χ0n) is 20.2. The Morgan fingerprint density at radius 3 is 2.16 bits per heavy atom. The number of benzene rings is 3. The van der Waals surface area contributed by atoms with Gasteiger partial charge in [-0.15, -0.1) is 0 Å². The van der Waals surface area contributed by atoms with E-state index in [1.807, 2.05) is 0 Å². The monoisotopic (exact) mass is 552 g/mol. The maximum Gasteiger partial charge on any atom is 0.422 e. The molecule has 2 N–H and O–H groups in total. The molecule has 0 aliphatic rings. The lowest BCUT2D eigenvalue weighted by Crippen LogP contribution is -2.46. The first-order valence-electron chi connectivity index (χ1n) is 11.1.